The molecule has 6 nitrogen and oxygen atoms in total. The molecule has 0 saturated carbocycles. The van der Waals surface area contributed by atoms with Crippen LogP contribution in [0.1, 0.15) is 30.4 Å². The molecule has 1 heterocycles. The summed E-state index contributed by atoms with van der Waals surface area (Å²) in [6.45, 7) is 0. The average Bonchev–Trinajstić information content (AvgIpc) is 3.11. The lowest BCUT2D eigenvalue weighted by Gasteiger charge is -2.10. The Morgan fingerprint density at radius 3 is 2.39 bits per heavy atom. The number of hydrogen-bond acceptors (Lipinski definition) is 5. The molecule has 0 bridgehead atoms. The monoisotopic (exact) mass is 454 g/mol. The van der Waals surface area contributed by atoms with Gasteiger partial charge in [-0.2, -0.15) is 5.10 Å². The maximum atomic E-state index is 11.1. The first-order valence-electron chi connectivity index (χ1n) is 10.9. The fraction of sp³-hybridized carbons (Fsp3) is 0.154. The van der Waals surface area contributed by atoms with Gasteiger partial charge >= 0.3 is 0 Å². The highest BCUT2D eigenvalue weighted by Gasteiger charge is 2.16. The van der Waals surface area contributed by atoms with E-state index in [2.05, 4.69) is 24.3 Å². The van der Waals surface area contributed by atoms with Gasteiger partial charge in [-0.25, -0.2) is 9.67 Å². The van der Waals surface area contributed by atoms with Crippen LogP contribution >= 0.6 is 11.3 Å². The largest absolute Gasteiger partial charge is 0.269 e. The van der Waals surface area contributed by atoms with Crippen molar-refractivity contribution >= 4 is 28.4 Å². The van der Waals surface area contributed by atoms with Crippen LogP contribution in [-0.2, 0) is 6.42 Å². The summed E-state index contributed by atoms with van der Waals surface area (Å²) in [5.74, 6) is 0. The van der Waals surface area contributed by atoms with Crippen molar-refractivity contribution in [2.45, 2.75) is 25.7 Å². The first-order valence-corrected chi connectivity index (χ1v) is 11.8. The van der Waals surface area contributed by atoms with E-state index in [4.69, 9.17) is 10.1 Å². The van der Waals surface area contributed by atoms with E-state index in [1.54, 1.807) is 12.1 Å². The van der Waals surface area contributed by atoms with E-state index >= 15 is 0 Å². The van der Waals surface area contributed by atoms with Crippen LogP contribution in [0.4, 0.5) is 11.4 Å². The molecule has 0 aliphatic heterocycles. The summed E-state index contributed by atoms with van der Waals surface area (Å²) >= 11 is 1.51. The normalized spacial score (nSPS) is 15.3. The van der Waals surface area contributed by atoms with Crippen molar-refractivity contribution in [1.29, 1.82) is 0 Å². The number of aromatic nitrogens is 1. The smallest absolute Gasteiger partial charge is 0.258 e. The minimum absolute atomic E-state index is 0.0683. The quantitative estimate of drug-likeness (QED) is 0.205. The molecular formula is C26H22N4O2S. The van der Waals surface area contributed by atoms with Crippen LogP contribution in [-0.4, -0.2) is 15.3 Å². The summed E-state index contributed by atoms with van der Waals surface area (Å²) < 4.78 is 1.89. The van der Waals surface area contributed by atoms with Crippen LogP contribution in [0.25, 0.3) is 11.3 Å². The Bertz CT molecular complexity index is 1390. The third-order valence-electron chi connectivity index (χ3n) is 5.70. The van der Waals surface area contributed by atoms with E-state index in [1.165, 1.54) is 34.6 Å². The zero-order valence-electron chi connectivity index (χ0n) is 17.9. The number of non-ortho nitro benzene ring substituents is 1. The molecule has 3 aromatic carbocycles. The lowest BCUT2D eigenvalue weighted by Crippen LogP contribution is -2.15. The van der Waals surface area contributed by atoms with Crippen LogP contribution in [0.5, 0.6) is 0 Å². The van der Waals surface area contributed by atoms with Gasteiger partial charge in [-0.15, -0.1) is 11.3 Å². The molecule has 0 fully saturated rings. The zero-order chi connectivity index (χ0) is 22.6. The highest BCUT2D eigenvalue weighted by molar-refractivity contribution is 7.07. The Kier molecular flexibility index (Phi) is 5.95. The fourth-order valence-corrected chi connectivity index (χ4v) is 4.88. The van der Waals surface area contributed by atoms with Crippen LogP contribution < -0.4 is 4.80 Å². The third kappa shape index (κ3) is 4.54. The fourth-order valence-electron chi connectivity index (χ4n) is 4.03. The molecule has 0 atom stereocenters. The molecule has 164 valence electrons. The van der Waals surface area contributed by atoms with Crippen LogP contribution in [0.2, 0.25) is 0 Å². The Labute approximate surface area is 195 Å². The molecule has 0 N–H and O–H groups in total. The first kappa shape index (κ1) is 21.0. The Morgan fingerprint density at radius 2 is 1.61 bits per heavy atom. The van der Waals surface area contributed by atoms with Crippen molar-refractivity contribution in [3.8, 4) is 11.3 Å². The summed E-state index contributed by atoms with van der Waals surface area (Å²) in [4.78, 5) is 16.3. The standard InChI is InChI=1S/C26H22N4O2S/c31-30(32)22-16-14-20(15-17-22)25-18-33-26(27-21-10-2-1-3-11-21)29(25)28-24-13-7-5-9-19-8-4-6-12-23(19)24/h1-4,6,8,10-12,14-18H,5,7,9,13H2. The summed E-state index contributed by atoms with van der Waals surface area (Å²) in [7, 11) is 0. The van der Waals surface area contributed by atoms with Crippen molar-refractivity contribution in [3.05, 3.63) is 110 Å². The van der Waals surface area contributed by atoms with Crippen molar-refractivity contribution in [2.75, 3.05) is 0 Å². The number of hydrogen-bond donors (Lipinski definition) is 0. The van der Waals surface area contributed by atoms with E-state index < -0.39 is 0 Å². The minimum Gasteiger partial charge on any atom is -0.258 e. The Morgan fingerprint density at radius 1 is 0.879 bits per heavy atom. The summed E-state index contributed by atoms with van der Waals surface area (Å²) in [6.07, 6.45) is 4.17. The molecule has 1 aliphatic carbocycles. The van der Waals surface area contributed by atoms with Gasteiger partial charge in [-0.3, -0.25) is 10.1 Å². The molecular weight excluding hydrogens is 432 g/mol. The molecule has 0 radical (unpaired) electrons. The number of nitro benzene ring substituents is 1. The Hall–Kier alpha value is -3.84. The van der Waals surface area contributed by atoms with Gasteiger partial charge in [0.15, 0.2) is 0 Å². The average molecular weight is 455 g/mol. The van der Waals surface area contributed by atoms with E-state index in [0.717, 1.165) is 53.1 Å². The number of para-hydroxylation sites is 1. The highest BCUT2D eigenvalue weighted by atomic mass is 32.1. The van der Waals surface area contributed by atoms with Gasteiger partial charge in [0.1, 0.15) is 0 Å². The van der Waals surface area contributed by atoms with Gasteiger partial charge in [-0.05, 0) is 55.5 Å². The molecule has 33 heavy (non-hydrogen) atoms. The second-order valence-electron chi connectivity index (χ2n) is 7.88. The molecule has 1 aliphatic rings. The van der Waals surface area contributed by atoms with Crippen molar-refractivity contribution in [3.63, 3.8) is 0 Å². The van der Waals surface area contributed by atoms with Gasteiger partial charge in [0.2, 0.25) is 4.80 Å². The number of rotatable bonds is 4. The third-order valence-corrected chi connectivity index (χ3v) is 6.51. The molecule has 0 unspecified atom stereocenters. The van der Waals surface area contributed by atoms with Crippen molar-refractivity contribution < 1.29 is 4.92 Å². The van der Waals surface area contributed by atoms with Crippen LogP contribution in [0.3, 0.4) is 0 Å². The predicted molar refractivity (Wildman–Crippen MR) is 132 cm³/mol. The minimum atomic E-state index is -0.385. The predicted octanol–water partition coefficient (Wildman–Crippen LogP) is 6.34. The number of fused-ring (bicyclic) bond motifs is 1. The molecule has 5 rings (SSSR count). The number of nitrogens with zero attached hydrogens (tertiary/aromatic N) is 4. The van der Waals surface area contributed by atoms with Gasteiger partial charge in [0.25, 0.3) is 5.69 Å². The SMILES string of the molecule is O=[N+]([O-])c1ccc(-c2csc(=Nc3ccccc3)n2N=C2CCCCc3ccccc32)cc1. The van der Waals surface area contributed by atoms with E-state index in [0.29, 0.717) is 0 Å². The molecule has 0 amide bonds. The lowest BCUT2D eigenvalue weighted by molar-refractivity contribution is -0.384. The second-order valence-corrected chi connectivity index (χ2v) is 8.71. The van der Waals surface area contributed by atoms with Crippen LogP contribution in [0.15, 0.2) is 94.3 Å². The van der Waals surface area contributed by atoms with Gasteiger partial charge in [0.05, 0.1) is 22.0 Å². The summed E-state index contributed by atoms with van der Waals surface area (Å²) in [5, 5.41) is 18.2. The Balaban J connectivity index is 1.69. The van der Waals surface area contributed by atoms with Gasteiger partial charge in [0, 0.05) is 28.6 Å². The lowest BCUT2D eigenvalue weighted by atomic mass is 10.0. The molecule has 4 aromatic rings. The highest BCUT2D eigenvalue weighted by Crippen LogP contribution is 2.26. The van der Waals surface area contributed by atoms with Crippen LogP contribution in [0, 0.1) is 10.1 Å². The maximum absolute atomic E-state index is 11.1. The summed E-state index contributed by atoms with van der Waals surface area (Å²) in [6, 6.07) is 24.9. The van der Waals surface area contributed by atoms with Gasteiger partial charge in [-0.1, -0.05) is 42.5 Å². The van der Waals surface area contributed by atoms with E-state index in [9.17, 15) is 10.1 Å². The molecule has 7 heteroatoms. The van der Waals surface area contributed by atoms with Crippen molar-refractivity contribution in [2.24, 2.45) is 10.1 Å². The first-order chi connectivity index (χ1) is 16.2. The topological polar surface area (TPSA) is 72.8 Å². The summed E-state index contributed by atoms with van der Waals surface area (Å²) in [5.41, 5.74) is 6.19. The zero-order valence-corrected chi connectivity index (χ0v) is 18.7. The number of nitro groups is 1. The van der Waals surface area contributed by atoms with Gasteiger partial charge < -0.3 is 0 Å². The number of thiazole rings is 1. The number of aryl methyl sites for hydroxylation is 1. The number of benzene rings is 3. The second kappa shape index (κ2) is 9.34. The molecule has 1 aromatic heterocycles. The molecule has 0 saturated heterocycles. The van der Waals surface area contributed by atoms with E-state index in [1.807, 2.05) is 40.4 Å². The van der Waals surface area contributed by atoms with Crippen molar-refractivity contribution in [1.82, 2.24) is 4.68 Å². The van der Waals surface area contributed by atoms with E-state index in [-0.39, 0.29) is 10.6 Å². The maximum Gasteiger partial charge on any atom is 0.269 e. The molecule has 0 spiro atoms.